The average molecular weight is 309 g/mol. The van der Waals surface area contributed by atoms with Crippen LogP contribution >= 0.6 is 15.9 Å². The zero-order valence-electron chi connectivity index (χ0n) is 10.3. The fourth-order valence-corrected chi connectivity index (χ4v) is 3.18. The van der Waals surface area contributed by atoms with Gasteiger partial charge in [0.25, 0.3) is 5.91 Å². The van der Waals surface area contributed by atoms with Gasteiger partial charge in [0.15, 0.2) is 0 Å². The number of fused-ring (bicyclic) bond motifs is 4. The van der Waals surface area contributed by atoms with Crippen molar-refractivity contribution in [1.29, 1.82) is 0 Å². The van der Waals surface area contributed by atoms with Gasteiger partial charge >= 0.3 is 0 Å². The maximum atomic E-state index is 12.5. The van der Waals surface area contributed by atoms with Crippen LogP contribution in [0.25, 0.3) is 0 Å². The Morgan fingerprint density at radius 3 is 2.39 bits per heavy atom. The molecule has 18 heavy (non-hydrogen) atoms. The zero-order valence-corrected chi connectivity index (χ0v) is 11.9. The van der Waals surface area contributed by atoms with Crippen LogP contribution in [0.5, 0.6) is 0 Å². The van der Waals surface area contributed by atoms with E-state index >= 15 is 0 Å². The summed E-state index contributed by atoms with van der Waals surface area (Å²) in [6, 6.07) is 8.13. The van der Waals surface area contributed by atoms with Gasteiger partial charge in [-0.05, 0) is 37.1 Å². The number of nitrogens with zero attached hydrogens (tertiary/aromatic N) is 2. The maximum absolute atomic E-state index is 12.5. The molecule has 96 valence electrons. The summed E-state index contributed by atoms with van der Waals surface area (Å²) >= 11 is 3.40. The summed E-state index contributed by atoms with van der Waals surface area (Å²) in [6.07, 6.45) is 2.25. The Morgan fingerprint density at radius 2 is 1.72 bits per heavy atom. The number of carbonyl (C=O) groups is 1. The van der Waals surface area contributed by atoms with Crippen LogP contribution in [0.2, 0.25) is 0 Å². The van der Waals surface area contributed by atoms with Crippen molar-refractivity contribution < 1.29 is 4.79 Å². The summed E-state index contributed by atoms with van der Waals surface area (Å²) in [7, 11) is 0. The lowest BCUT2D eigenvalue weighted by atomic mass is 10.0. The molecule has 4 heteroatoms. The van der Waals surface area contributed by atoms with Crippen molar-refractivity contribution in [3.05, 3.63) is 34.3 Å². The van der Waals surface area contributed by atoms with E-state index in [1.807, 2.05) is 24.3 Å². The molecule has 3 heterocycles. The maximum Gasteiger partial charge on any atom is 0.254 e. The molecule has 3 aliphatic heterocycles. The second kappa shape index (κ2) is 5.02. The Kier molecular flexibility index (Phi) is 3.39. The predicted molar refractivity (Wildman–Crippen MR) is 74.6 cm³/mol. The second-order valence-electron chi connectivity index (χ2n) is 5.08. The molecular weight excluding hydrogens is 292 g/mol. The van der Waals surface area contributed by atoms with Crippen LogP contribution in [-0.2, 0) is 0 Å². The third-order valence-electron chi connectivity index (χ3n) is 4.01. The second-order valence-corrected chi connectivity index (χ2v) is 5.99. The van der Waals surface area contributed by atoms with Gasteiger partial charge in [-0.2, -0.15) is 0 Å². The van der Waals surface area contributed by atoms with Crippen LogP contribution in [0, 0.1) is 0 Å². The topological polar surface area (TPSA) is 23.6 Å². The molecule has 0 aromatic heterocycles. The molecule has 1 aromatic carbocycles. The van der Waals surface area contributed by atoms with Crippen molar-refractivity contribution in [1.82, 2.24) is 9.80 Å². The first-order chi connectivity index (χ1) is 8.74. The molecule has 0 radical (unpaired) electrons. The van der Waals surface area contributed by atoms with Gasteiger partial charge in [0, 0.05) is 42.3 Å². The van der Waals surface area contributed by atoms with E-state index in [0.717, 1.165) is 49.1 Å². The van der Waals surface area contributed by atoms with Crippen molar-refractivity contribution in [3.8, 4) is 0 Å². The summed E-state index contributed by atoms with van der Waals surface area (Å²) in [5.74, 6) is 0.191. The summed E-state index contributed by atoms with van der Waals surface area (Å²) < 4.78 is 1.02. The number of hydrogen-bond donors (Lipinski definition) is 0. The standard InChI is InChI=1S/C14H17BrN2O/c15-12-3-1-11(2-4-12)14(18)17-10-9-16-7-5-13(17)6-8-16/h1-4,13H,5-10H2. The van der Waals surface area contributed by atoms with Crippen molar-refractivity contribution in [2.45, 2.75) is 18.9 Å². The Hall–Kier alpha value is -0.870. The molecule has 0 spiro atoms. The number of amides is 1. The summed E-state index contributed by atoms with van der Waals surface area (Å²) in [6.45, 7) is 4.20. The van der Waals surface area contributed by atoms with Crippen molar-refractivity contribution in [2.24, 2.45) is 0 Å². The molecule has 0 aliphatic carbocycles. The van der Waals surface area contributed by atoms with Gasteiger partial charge in [0.1, 0.15) is 0 Å². The lowest BCUT2D eigenvalue weighted by molar-refractivity contribution is 0.0685. The Bertz CT molecular complexity index is 438. The number of carbonyl (C=O) groups excluding carboxylic acids is 1. The van der Waals surface area contributed by atoms with E-state index in [1.165, 1.54) is 0 Å². The first-order valence-electron chi connectivity index (χ1n) is 6.53. The molecular formula is C14H17BrN2O. The first kappa shape index (κ1) is 12.2. The summed E-state index contributed by atoms with van der Waals surface area (Å²) in [5.41, 5.74) is 0.804. The van der Waals surface area contributed by atoms with E-state index in [2.05, 4.69) is 25.7 Å². The van der Waals surface area contributed by atoms with Gasteiger partial charge in [-0.1, -0.05) is 15.9 Å². The van der Waals surface area contributed by atoms with Crippen LogP contribution < -0.4 is 0 Å². The van der Waals surface area contributed by atoms with Gasteiger partial charge in [0.2, 0.25) is 0 Å². The SMILES string of the molecule is O=C(c1ccc(Br)cc1)N1CCN2CCC1CC2. The Labute approximate surface area is 116 Å². The van der Waals surface area contributed by atoms with E-state index in [1.54, 1.807) is 0 Å². The molecule has 0 saturated carbocycles. The minimum atomic E-state index is 0.191. The van der Waals surface area contributed by atoms with Gasteiger partial charge in [-0.3, -0.25) is 4.79 Å². The summed E-state index contributed by atoms with van der Waals surface area (Å²) in [5, 5.41) is 0. The highest BCUT2D eigenvalue weighted by Crippen LogP contribution is 2.23. The van der Waals surface area contributed by atoms with E-state index < -0.39 is 0 Å². The van der Waals surface area contributed by atoms with Crippen molar-refractivity contribution in [3.63, 3.8) is 0 Å². The van der Waals surface area contributed by atoms with Gasteiger partial charge < -0.3 is 9.80 Å². The smallest absolute Gasteiger partial charge is 0.254 e. The first-order valence-corrected chi connectivity index (χ1v) is 7.32. The minimum absolute atomic E-state index is 0.191. The van der Waals surface area contributed by atoms with Gasteiger partial charge in [0.05, 0.1) is 0 Å². The molecule has 3 fully saturated rings. The number of halogens is 1. The fourth-order valence-electron chi connectivity index (χ4n) is 2.91. The van der Waals surface area contributed by atoms with E-state index in [-0.39, 0.29) is 5.91 Å². The zero-order chi connectivity index (χ0) is 12.5. The molecule has 1 amide bonds. The van der Waals surface area contributed by atoms with Gasteiger partial charge in [-0.25, -0.2) is 0 Å². The largest absolute Gasteiger partial charge is 0.334 e. The van der Waals surface area contributed by atoms with Crippen LogP contribution in [-0.4, -0.2) is 47.9 Å². The highest BCUT2D eigenvalue weighted by Gasteiger charge is 2.32. The van der Waals surface area contributed by atoms with Crippen LogP contribution in [0.1, 0.15) is 23.2 Å². The Balaban J connectivity index is 1.81. The molecule has 1 aromatic rings. The van der Waals surface area contributed by atoms with Crippen LogP contribution in [0.15, 0.2) is 28.7 Å². The predicted octanol–water partition coefficient (Wildman–Crippen LogP) is 2.37. The Morgan fingerprint density at radius 1 is 1.06 bits per heavy atom. The molecule has 3 saturated heterocycles. The van der Waals surface area contributed by atoms with Crippen molar-refractivity contribution >= 4 is 21.8 Å². The average Bonchev–Trinajstić information content (AvgIpc) is 2.72. The lowest BCUT2D eigenvalue weighted by Gasteiger charge is -2.31. The quantitative estimate of drug-likeness (QED) is 0.795. The minimum Gasteiger partial charge on any atom is -0.334 e. The van der Waals surface area contributed by atoms with Gasteiger partial charge in [-0.15, -0.1) is 0 Å². The van der Waals surface area contributed by atoms with E-state index in [0.29, 0.717) is 6.04 Å². The van der Waals surface area contributed by atoms with E-state index in [4.69, 9.17) is 0 Å². The van der Waals surface area contributed by atoms with Crippen LogP contribution in [0.4, 0.5) is 0 Å². The monoisotopic (exact) mass is 308 g/mol. The lowest BCUT2D eigenvalue weighted by Crippen LogP contribution is -2.41. The highest BCUT2D eigenvalue weighted by atomic mass is 79.9. The molecule has 3 aliphatic rings. The molecule has 0 unspecified atom stereocenters. The van der Waals surface area contributed by atoms with Crippen molar-refractivity contribution in [2.75, 3.05) is 26.2 Å². The third-order valence-corrected chi connectivity index (χ3v) is 4.54. The van der Waals surface area contributed by atoms with E-state index in [9.17, 15) is 4.79 Å². The van der Waals surface area contributed by atoms with Crippen LogP contribution in [0.3, 0.4) is 0 Å². The number of piperidine rings is 1. The fraction of sp³-hybridized carbons (Fsp3) is 0.500. The summed E-state index contributed by atoms with van der Waals surface area (Å²) in [4.78, 5) is 17.1. The third kappa shape index (κ3) is 2.31. The molecule has 0 atom stereocenters. The molecule has 3 nitrogen and oxygen atoms in total. The number of hydrogen-bond acceptors (Lipinski definition) is 2. The number of rotatable bonds is 1. The normalized spacial score (nSPS) is 27.1. The number of benzene rings is 1. The molecule has 2 bridgehead atoms. The highest BCUT2D eigenvalue weighted by molar-refractivity contribution is 9.10. The molecule has 4 rings (SSSR count). The molecule has 0 N–H and O–H groups in total.